The van der Waals surface area contributed by atoms with Crippen molar-refractivity contribution in [1.82, 2.24) is 5.43 Å². The zero-order valence-corrected chi connectivity index (χ0v) is 10.6. The lowest BCUT2D eigenvalue weighted by molar-refractivity contribution is -0.127. The van der Waals surface area contributed by atoms with E-state index in [9.17, 15) is 4.79 Å². The topological polar surface area (TPSA) is 64.3 Å². The van der Waals surface area contributed by atoms with Crippen LogP contribution in [0.15, 0.2) is 24.3 Å². The molecule has 17 heavy (non-hydrogen) atoms. The highest BCUT2D eigenvalue weighted by atomic mass is 16.5. The SMILES string of the molecule is CCC(C)c1cccc(O[C@@H](C)C(=O)NN)c1. The molecule has 1 amide bonds. The minimum absolute atomic E-state index is 0.334. The van der Waals surface area contributed by atoms with Gasteiger partial charge in [0.25, 0.3) is 5.91 Å². The second kappa shape index (κ2) is 6.25. The normalized spacial score (nSPS) is 13.9. The molecule has 0 saturated carbocycles. The zero-order valence-electron chi connectivity index (χ0n) is 10.6. The van der Waals surface area contributed by atoms with Gasteiger partial charge in [-0.15, -0.1) is 0 Å². The first kappa shape index (κ1) is 13.5. The predicted molar refractivity (Wildman–Crippen MR) is 67.6 cm³/mol. The van der Waals surface area contributed by atoms with Crippen LogP contribution in [0.4, 0.5) is 0 Å². The molecule has 0 heterocycles. The Labute approximate surface area is 102 Å². The molecule has 0 spiro atoms. The monoisotopic (exact) mass is 236 g/mol. The summed E-state index contributed by atoms with van der Waals surface area (Å²) in [6, 6.07) is 7.80. The summed E-state index contributed by atoms with van der Waals surface area (Å²) in [6.07, 6.45) is 0.481. The van der Waals surface area contributed by atoms with Gasteiger partial charge in [-0.05, 0) is 37.0 Å². The van der Waals surface area contributed by atoms with E-state index in [0.29, 0.717) is 11.7 Å². The van der Waals surface area contributed by atoms with Gasteiger partial charge in [-0.2, -0.15) is 0 Å². The molecule has 2 atom stereocenters. The lowest BCUT2D eigenvalue weighted by Gasteiger charge is -2.15. The Hall–Kier alpha value is -1.55. The Morgan fingerprint density at radius 2 is 2.18 bits per heavy atom. The van der Waals surface area contributed by atoms with Crippen LogP contribution in [-0.4, -0.2) is 12.0 Å². The van der Waals surface area contributed by atoms with Gasteiger partial charge in [-0.1, -0.05) is 26.0 Å². The smallest absolute Gasteiger partial charge is 0.274 e. The fourth-order valence-electron chi connectivity index (χ4n) is 1.51. The first-order valence-corrected chi connectivity index (χ1v) is 5.85. The van der Waals surface area contributed by atoms with Gasteiger partial charge in [0, 0.05) is 0 Å². The number of rotatable bonds is 5. The fraction of sp³-hybridized carbons (Fsp3) is 0.462. The number of ether oxygens (including phenoxy) is 1. The number of amides is 1. The van der Waals surface area contributed by atoms with Crippen LogP contribution >= 0.6 is 0 Å². The van der Waals surface area contributed by atoms with Gasteiger partial charge < -0.3 is 4.74 Å². The molecule has 94 valence electrons. The summed E-state index contributed by atoms with van der Waals surface area (Å²) in [6.45, 7) is 5.97. The van der Waals surface area contributed by atoms with Crippen molar-refractivity contribution < 1.29 is 9.53 Å². The molecule has 0 aliphatic rings. The van der Waals surface area contributed by atoms with Crippen molar-refractivity contribution >= 4 is 5.91 Å². The first-order chi connectivity index (χ1) is 8.08. The lowest BCUT2D eigenvalue weighted by Crippen LogP contribution is -2.40. The minimum Gasteiger partial charge on any atom is -0.481 e. The highest BCUT2D eigenvalue weighted by molar-refractivity contribution is 5.80. The second-order valence-corrected chi connectivity index (χ2v) is 4.15. The molecular formula is C13H20N2O2. The number of carbonyl (C=O) groups excluding carboxylic acids is 1. The Bertz CT molecular complexity index is 379. The highest BCUT2D eigenvalue weighted by Crippen LogP contribution is 2.23. The molecule has 3 N–H and O–H groups in total. The lowest BCUT2D eigenvalue weighted by atomic mass is 9.99. The van der Waals surface area contributed by atoms with E-state index in [-0.39, 0.29) is 5.91 Å². The molecule has 0 fully saturated rings. The maximum absolute atomic E-state index is 11.2. The Balaban J connectivity index is 2.75. The average molecular weight is 236 g/mol. The van der Waals surface area contributed by atoms with E-state index >= 15 is 0 Å². The molecule has 0 saturated heterocycles. The van der Waals surface area contributed by atoms with Crippen LogP contribution < -0.4 is 16.0 Å². The molecule has 0 aliphatic carbocycles. The van der Waals surface area contributed by atoms with Crippen molar-refractivity contribution in [3.05, 3.63) is 29.8 Å². The van der Waals surface area contributed by atoms with E-state index in [1.807, 2.05) is 18.2 Å². The molecular weight excluding hydrogens is 216 g/mol. The van der Waals surface area contributed by atoms with Gasteiger partial charge in [-0.3, -0.25) is 10.2 Å². The van der Waals surface area contributed by atoms with Crippen LogP contribution in [0.5, 0.6) is 5.75 Å². The van der Waals surface area contributed by atoms with E-state index in [0.717, 1.165) is 6.42 Å². The summed E-state index contributed by atoms with van der Waals surface area (Å²) in [5.41, 5.74) is 3.28. The number of carbonyl (C=O) groups is 1. The first-order valence-electron chi connectivity index (χ1n) is 5.85. The Kier molecular flexibility index (Phi) is 4.97. The second-order valence-electron chi connectivity index (χ2n) is 4.15. The van der Waals surface area contributed by atoms with Crippen LogP contribution in [0.25, 0.3) is 0 Å². The third kappa shape index (κ3) is 3.75. The van der Waals surface area contributed by atoms with Gasteiger partial charge in [-0.25, -0.2) is 5.84 Å². The van der Waals surface area contributed by atoms with Crippen molar-refractivity contribution in [2.45, 2.75) is 39.2 Å². The Morgan fingerprint density at radius 3 is 2.76 bits per heavy atom. The van der Waals surface area contributed by atoms with E-state index < -0.39 is 6.10 Å². The number of nitrogens with one attached hydrogen (secondary N) is 1. The van der Waals surface area contributed by atoms with Gasteiger partial charge in [0.2, 0.25) is 0 Å². The van der Waals surface area contributed by atoms with Crippen molar-refractivity contribution in [1.29, 1.82) is 0 Å². The minimum atomic E-state index is -0.591. The van der Waals surface area contributed by atoms with Gasteiger partial charge in [0.1, 0.15) is 5.75 Å². The van der Waals surface area contributed by atoms with Crippen LogP contribution in [0.1, 0.15) is 38.7 Å². The molecule has 0 bridgehead atoms. The molecule has 0 radical (unpaired) electrons. The van der Waals surface area contributed by atoms with Gasteiger partial charge >= 0.3 is 0 Å². The summed E-state index contributed by atoms with van der Waals surface area (Å²) in [5.74, 6) is 5.89. The number of nitrogens with two attached hydrogens (primary N) is 1. The average Bonchev–Trinajstić information content (AvgIpc) is 2.37. The van der Waals surface area contributed by atoms with Crippen LogP contribution in [0, 0.1) is 0 Å². The predicted octanol–water partition coefficient (Wildman–Crippen LogP) is 1.96. The van der Waals surface area contributed by atoms with Crippen molar-refractivity contribution in [3.63, 3.8) is 0 Å². The molecule has 4 nitrogen and oxygen atoms in total. The van der Waals surface area contributed by atoms with E-state index in [1.165, 1.54) is 5.56 Å². The molecule has 0 aliphatic heterocycles. The summed E-state index contributed by atoms with van der Waals surface area (Å²) in [7, 11) is 0. The number of hydrogen-bond acceptors (Lipinski definition) is 3. The summed E-state index contributed by atoms with van der Waals surface area (Å²) in [4.78, 5) is 11.2. The van der Waals surface area contributed by atoms with E-state index in [2.05, 4.69) is 25.3 Å². The van der Waals surface area contributed by atoms with E-state index in [1.54, 1.807) is 6.92 Å². The summed E-state index contributed by atoms with van der Waals surface area (Å²) < 4.78 is 5.51. The van der Waals surface area contributed by atoms with Gasteiger partial charge in [0.15, 0.2) is 6.10 Å². The third-order valence-corrected chi connectivity index (χ3v) is 2.86. The van der Waals surface area contributed by atoms with Crippen LogP contribution in [0.2, 0.25) is 0 Å². The molecule has 1 aromatic rings. The number of benzene rings is 1. The molecule has 1 rings (SSSR count). The van der Waals surface area contributed by atoms with Crippen molar-refractivity contribution in [3.8, 4) is 5.75 Å². The highest BCUT2D eigenvalue weighted by Gasteiger charge is 2.13. The number of hydrogen-bond donors (Lipinski definition) is 2. The number of hydrazine groups is 1. The fourth-order valence-corrected chi connectivity index (χ4v) is 1.51. The molecule has 1 aromatic carbocycles. The van der Waals surface area contributed by atoms with Gasteiger partial charge in [0.05, 0.1) is 0 Å². The van der Waals surface area contributed by atoms with Crippen LogP contribution in [-0.2, 0) is 4.79 Å². The maximum atomic E-state index is 11.2. The largest absolute Gasteiger partial charge is 0.481 e. The van der Waals surface area contributed by atoms with E-state index in [4.69, 9.17) is 10.6 Å². The van der Waals surface area contributed by atoms with Crippen LogP contribution in [0.3, 0.4) is 0 Å². The van der Waals surface area contributed by atoms with Crippen molar-refractivity contribution in [2.75, 3.05) is 0 Å². The zero-order chi connectivity index (χ0) is 12.8. The molecule has 4 heteroatoms. The summed E-state index contributed by atoms with van der Waals surface area (Å²) >= 11 is 0. The van der Waals surface area contributed by atoms with Crippen molar-refractivity contribution in [2.24, 2.45) is 5.84 Å². The Morgan fingerprint density at radius 1 is 1.47 bits per heavy atom. The molecule has 1 unspecified atom stereocenters. The standard InChI is InChI=1S/C13H20N2O2/c1-4-9(2)11-6-5-7-12(8-11)17-10(3)13(16)15-14/h5-10H,4,14H2,1-3H3,(H,15,16)/t9?,10-/m0/s1. The summed E-state index contributed by atoms with van der Waals surface area (Å²) in [5, 5.41) is 0. The third-order valence-electron chi connectivity index (χ3n) is 2.86. The quantitative estimate of drug-likeness (QED) is 0.466. The molecule has 0 aromatic heterocycles. The maximum Gasteiger partial charge on any atom is 0.274 e.